The maximum atomic E-state index is 12.8. The molecule has 2 aliphatic rings. The molecule has 1 aromatic carbocycles. The van der Waals surface area contributed by atoms with Crippen LogP contribution in [0.3, 0.4) is 0 Å². The van der Waals surface area contributed by atoms with Crippen LogP contribution in [0.2, 0.25) is 0 Å². The van der Waals surface area contributed by atoms with Crippen LogP contribution in [0.1, 0.15) is 6.92 Å². The Morgan fingerprint density at radius 2 is 1.85 bits per heavy atom. The fourth-order valence-electron chi connectivity index (χ4n) is 3.43. The van der Waals surface area contributed by atoms with Crippen LogP contribution in [0.4, 0.5) is 11.4 Å². The second-order valence-electron chi connectivity index (χ2n) is 6.51. The zero-order valence-corrected chi connectivity index (χ0v) is 15.7. The number of benzene rings is 1. The molecule has 0 amide bonds. The average Bonchev–Trinajstić information content (AvgIpc) is 2.68. The van der Waals surface area contributed by atoms with Crippen molar-refractivity contribution in [2.24, 2.45) is 0 Å². The Morgan fingerprint density at radius 1 is 1.19 bits per heavy atom. The SMILES string of the molecule is CC[NH+]1CCN(c2ccc(S(=O)(=O)N3CCOCC3)cc2[N+](=O)[O-])CC1. The highest BCUT2D eigenvalue weighted by atomic mass is 32.2. The molecule has 3 rings (SSSR count). The van der Waals surface area contributed by atoms with Crippen molar-refractivity contribution in [3.8, 4) is 0 Å². The fraction of sp³-hybridized carbons (Fsp3) is 0.625. The van der Waals surface area contributed by atoms with E-state index in [2.05, 4.69) is 6.92 Å². The molecule has 2 saturated heterocycles. The first kappa shape index (κ1) is 19.0. The lowest BCUT2D eigenvalue weighted by Crippen LogP contribution is -3.14. The number of anilines is 1. The van der Waals surface area contributed by atoms with E-state index >= 15 is 0 Å². The van der Waals surface area contributed by atoms with E-state index in [1.807, 2.05) is 4.90 Å². The van der Waals surface area contributed by atoms with E-state index in [1.54, 1.807) is 6.07 Å². The fourth-order valence-corrected chi connectivity index (χ4v) is 4.86. The molecule has 144 valence electrons. The summed E-state index contributed by atoms with van der Waals surface area (Å²) in [4.78, 5) is 14.5. The number of ether oxygens (including phenoxy) is 1. The van der Waals surface area contributed by atoms with Crippen LogP contribution >= 0.6 is 0 Å². The Bertz CT molecular complexity index is 756. The minimum absolute atomic E-state index is 0.0346. The average molecular weight is 385 g/mol. The van der Waals surface area contributed by atoms with Gasteiger partial charge in [0, 0.05) is 19.2 Å². The molecule has 0 spiro atoms. The van der Waals surface area contributed by atoms with Gasteiger partial charge in [0.05, 0.1) is 55.8 Å². The van der Waals surface area contributed by atoms with E-state index in [4.69, 9.17) is 4.74 Å². The number of sulfonamides is 1. The van der Waals surface area contributed by atoms with Crippen molar-refractivity contribution in [1.29, 1.82) is 0 Å². The molecule has 26 heavy (non-hydrogen) atoms. The molecule has 1 N–H and O–H groups in total. The number of hydrogen-bond acceptors (Lipinski definition) is 6. The van der Waals surface area contributed by atoms with Crippen molar-refractivity contribution >= 4 is 21.4 Å². The van der Waals surface area contributed by atoms with Gasteiger partial charge in [0.1, 0.15) is 5.69 Å². The Morgan fingerprint density at radius 3 is 2.42 bits per heavy atom. The molecule has 0 aliphatic carbocycles. The molecule has 1 aromatic rings. The maximum Gasteiger partial charge on any atom is 0.293 e. The zero-order chi connectivity index (χ0) is 18.7. The van der Waals surface area contributed by atoms with Gasteiger partial charge < -0.3 is 14.5 Å². The smallest absolute Gasteiger partial charge is 0.293 e. The number of piperazine rings is 1. The molecule has 0 saturated carbocycles. The summed E-state index contributed by atoms with van der Waals surface area (Å²) in [6, 6.07) is 4.24. The van der Waals surface area contributed by atoms with E-state index < -0.39 is 14.9 Å². The van der Waals surface area contributed by atoms with Crippen molar-refractivity contribution in [1.82, 2.24) is 4.31 Å². The van der Waals surface area contributed by atoms with Gasteiger partial charge in [0.15, 0.2) is 0 Å². The molecular formula is C16H25N4O5S+. The van der Waals surface area contributed by atoms with Crippen LogP contribution in [-0.4, -0.2) is 76.7 Å². The minimum atomic E-state index is -3.75. The Hall–Kier alpha value is -1.75. The van der Waals surface area contributed by atoms with Gasteiger partial charge >= 0.3 is 0 Å². The van der Waals surface area contributed by atoms with E-state index in [9.17, 15) is 18.5 Å². The number of nitro groups is 1. The molecule has 0 unspecified atom stereocenters. The van der Waals surface area contributed by atoms with Crippen LogP contribution in [0.25, 0.3) is 0 Å². The number of nitrogens with one attached hydrogen (secondary N) is 1. The second-order valence-corrected chi connectivity index (χ2v) is 8.45. The molecule has 2 aliphatic heterocycles. The van der Waals surface area contributed by atoms with Gasteiger partial charge in [-0.2, -0.15) is 4.31 Å². The van der Waals surface area contributed by atoms with Crippen LogP contribution in [-0.2, 0) is 14.8 Å². The Kier molecular flexibility index (Phi) is 5.76. The quantitative estimate of drug-likeness (QED) is 0.534. The maximum absolute atomic E-state index is 12.8. The third-order valence-corrected chi connectivity index (χ3v) is 6.96. The lowest BCUT2D eigenvalue weighted by molar-refractivity contribution is -0.898. The largest absolute Gasteiger partial charge is 0.379 e. The first-order valence-corrected chi connectivity index (χ1v) is 10.3. The van der Waals surface area contributed by atoms with Crippen LogP contribution in [0.5, 0.6) is 0 Å². The summed E-state index contributed by atoms with van der Waals surface area (Å²) in [6.45, 7) is 7.64. The number of rotatable bonds is 5. The Balaban J connectivity index is 1.88. The number of nitrogens with zero attached hydrogens (tertiary/aromatic N) is 3. The van der Waals surface area contributed by atoms with Crippen molar-refractivity contribution in [3.05, 3.63) is 28.3 Å². The van der Waals surface area contributed by atoms with Gasteiger partial charge in [-0.05, 0) is 19.1 Å². The zero-order valence-electron chi connectivity index (χ0n) is 14.9. The lowest BCUT2D eigenvalue weighted by atomic mass is 10.2. The summed E-state index contributed by atoms with van der Waals surface area (Å²) in [5.74, 6) is 0. The van der Waals surface area contributed by atoms with E-state index in [1.165, 1.54) is 21.3 Å². The van der Waals surface area contributed by atoms with E-state index in [0.29, 0.717) is 18.9 Å². The van der Waals surface area contributed by atoms with Crippen LogP contribution < -0.4 is 9.80 Å². The summed E-state index contributed by atoms with van der Waals surface area (Å²) < 4.78 is 32.0. The summed E-state index contributed by atoms with van der Waals surface area (Å²) in [5, 5.41) is 11.6. The number of hydrogen-bond donors (Lipinski definition) is 1. The highest BCUT2D eigenvalue weighted by Gasteiger charge is 2.31. The van der Waals surface area contributed by atoms with Crippen molar-refractivity contribution in [3.63, 3.8) is 0 Å². The second kappa shape index (κ2) is 7.87. The summed E-state index contributed by atoms with van der Waals surface area (Å²) in [5.41, 5.74) is 0.338. The first-order chi connectivity index (χ1) is 12.4. The number of nitro benzene ring substituents is 1. The molecule has 2 heterocycles. The minimum Gasteiger partial charge on any atom is -0.379 e. The van der Waals surface area contributed by atoms with Crippen molar-refractivity contribution in [2.45, 2.75) is 11.8 Å². The highest BCUT2D eigenvalue weighted by molar-refractivity contribution is 7.89. The summed E-state index contributed by atoms with van der Waals surface area (Å²) in [6.07, 6.45) is 0. The van der Waals surface area contributed by atoms with Gasteiger partial charge in [-0.15, -0.1) is 0 Å². The summed E-state index contributed by atoms with van der Waals surface area (Å²) in [7, 11) is -3.75. The lowest BCUT2D eigenvalue weighted by Gasteiger charge is -2.33. The molecule has 0 bridgehead atoms. The normalized spacial score (nSPS) is 20.3. The van der Waals surface area contributed by atoms with Gasteiger partial charge in [-0.1, -0.05) is 0 Å². The molecule has 10 heteroatoms. The monoisotopic (exact) mass is 385 g/mol. The molecular weight excluding hydrogens is 360 g/mol. The van der Waals surface area contributed by atoms with E-state index in [0.717, 1.165) is 32.7 Å². The van der Waals surface area contributed by atoms with Crippen LogP contribution in [0.15, 0.2) is 23.1 Å². The van der Waals surface area contributed by atoms with Crippen molar-refractivity contribution in [2.75, 3.05) is 63.9 Å². The molecule has 0 radical (unpaired) electrons. The van der Waals surface area contributed by atoms with Gasteiger partial charge in [0.2, 0.25) is 10.0 Å². The number of quaternary nitrogens is 1. The predicted molar refractivity (Wildman–Crippen MR) is 96.1 cm³/mol. The third kappa shape index (κ3) is 3.83. The van der Waals surface area contributed by atoms with Gasteiger partial charge in [-0.3, -0.25) is 10.1 Å². The van der Waals surface area contributed by atoms with Gasteiger partial charge in [0.25, 0.3) is 5.69 Å². The first-order valence-electron chi connectivity index (χ1n) is 8.88. The Labute approximate surface area is 153 Å². The van der Waals surface area contributed by atoms with Crippen LogP contribution in [0, 0.1) is 10.1 Å². The molecule has 0 atom stereocenters. The standard InChI is InChI=1S/C16H24N4O5S/c1-2-17-5-7-18(8-6-17)15-4-3-14(13-16(15)20(21)22)26(23,24)19-9-11-25-12-10-19/h3-4,13H,2,5-12H2,1H3/p+1. The highest BCUT2D eigenvalue weighted by Crippen LogP contribution is 2.32. The predicted octanol–water partition coefficient (Wildman–Crippen LogP) is -0.659. The number of likely N-dealkylation sites (N-methyl/N-ethyl adjacent to an activating group) is 1. The topological polar surface area (TPSA) is 97.4 Å². The molecule has 0 aromatic heterocycles. The number of morpholine rings is 1. The molecule has 2 fully saturated rings. The van der Waals surface area contributed by atoms with Gasteiger partial charge in [-0.25, -0.2) is 8.42 Å². The van der Waals surface area contributed by atoms with Crippen molar-refractivity contribution < 1.29 is 23.0 Å². The summed E-state index contributed by atoms with van der Waals surface area (Å²) >= 11 is 0. The van der Waals surface area contributed by atoms with E-state index in [-0.39, 0.29) is 23.7 Å². The third-order valence-electron chi connectivity index (χ3n) is 5.06. The molecule has 9 nitrogen and oxygen atoms in total.